The Hall–Kier alpha value is -1.96. The lowest BCUT2D eigenvalue weighted by molar-refractivity contribution is -0.145. The highest BCUT2D eigenvalue weighted by atomic mass is 32.2. The van der Waals surface area contributed by atoms with E-state index in [-0.39, 0.29) is 23.5 Å². The monoisotopic (exact) mass is 315 g/mol. The molecule has 2 rings (SSSR count). The second kappa shape index (κ2) is 5.44. The maximum Gasteiger partial charge on any atom is 0.311 e. The molecular weight excluding hydrogens is 301 g/mol. The number of hydrogen-bond donors (Lipinski definition) is 0. The van der Waals surface area contributed by atoms with Gasteiger partial charge in [-0.05, 0) is 18.2 Å². The molecule has 0 bridgehead atoms. The fraction of sp³-hybridized carbons (Fsp3) is 0.385. The zero-order chi connectivity index (χ0) is 15.8. The van der Waals surface area contributed by atoms with Crippen LogP contribution in [-0.2, 0) is 24.2 Å². The number of anilines is 1. The zero-order valence-corrected chi connectivity index (χ0v) is 12.3. The lowest BCUT2D eigenvalue weighted by Gasteiger charge is -2.18. The van der Waals surface area contributed by atoms with Crippen molar-refractivity contribution in [3.8, 4) is 0 Å². The largest absolute Gasteiger partial charge is 0.469 e. The van der Waals surface area contributed by atoms with Crippen molar-refractivity contribution in [1.29, 1.82) is 0 Å². The van der Waals surface area contributed by atoms with Crippen molar-refractivity contribution < 1.29 is 27.1 Å². The summed E-state index contributed by atoms with van der Waals surface area (Å²) in [5.41, 5.74) is -0.144. The normalized spacial score (nSPS) is 18.9. The van der Waals surface area contributed by atoms with E-state index < -0.39 is 33.4 Å². The van der Waals surface area contributed by atoms with Crippen molar-refractivity contribution >= 4 is 27.4 Å². The highest BCUT2D eigenvalue weighted by molar-refractivity contribution is 7.90. The predicted octanol–water partition coefficient (Wildman–Crippen LogP) is 0.755. The van der Waals surface area contributed by atoms with Crippen LogP contribution in [0.25, 0.3) is 0 Å². The first kappa shape index (κ1) is 15.4. The molecule has 1 saturated heterocycles. The van der Waals surface area contributed by atoms with Gasteiger partial charge in [0.15, 0.2) is 9.84 Å². The average Bonchev–Trinajstić information content (AvgIpc) is 2.79. The molecule has 0 aliphatic carbocycles. The van der Waals surface area contributed by atoms with Crippen LogP contribution >= 0.6 is 0 Å². The van der Waals surface area contributed by atoms with Crippen LogP contribution in [0.15, 0.2) is 23.1 Å². The predicted molar refractivity (Wildman–Crippen MR) is 72.0 cm³/mol. The molecule has 21 heavy (non-hydrogen) atoms. The molecule has 1 aromatic rings. The number of halogens is 1. The van der Waals surface area contributed by atoms with Crippen LogP contribution in [0.1, 0.15) is 6.42 Å². The fourth-order valence-corrected chi connectivity index (χ4v) is 2.84. The van der Waals surface area contributed by atoms with Gasteiger partial charge in [-0.3, -0.25) is 9.59 Å². The molecule has 6 nitrogen and oxygen atoms in total. The van der Waals surface area contributed by atoms with E-state index in [1.165, 1.54) is 7.11 Å². The molecule has 1 aromatic carbocycles. The summed E-state index contributed by atoms with van der Waals surface area (Å²) in [6, 6.07) is 3.22. The summed E-state index contributed by atoms with van der Waals surface area (Å²) in [5, 5.41) is 0. The third-order valence-electron chi connectivity index (χ3n) is 3.30. The molecule has 1 aliphatic rings. The van der Waals surface area contributed by atoms with Gasteiger partial charge in [0, 0.05) is 19.2 Å². The number of nitrogens with zero attached hydrogens (tertiary/aromatic N) is 1. The fourth-order valence-electron chi connectivity index (χ4n) is 2.19. The van der Waals surface area contributed by atoms with Crippen molar-refractivity contribution in [2.24, 2.45) is 5.92 Å². The van der Waals surface area contributed by atoms with Gasteiger partial charge in [0.05, 0.1) is 23.6 Å². The van der Waals surface area contributed by atoms with Crippen LogP contribution in [-0.4, -0.2) is 40.2 Å². The van der Waals surface area contributed by atoms with Gasteiger partial charge in [-0.2, -0.15) is 0 Å². The van der Waals surface area contributed by atoms with Crippen molar-refractivity contribution in [2.45, 2.75) is 11.3 Å². The standard InChI is InChI=1S/C13H14FNO5S/c1-20-13(17)8-5-12(16)15(7-8)11-6-9(21(2,18)19)3-4-10(11)14/h3-4,6,8H,5,7H2,1-2H3. The molecule has 0 N–H and O–H groups in total. The highest BCUT2D eigenvalue weighted by Crippen LogP contribution is 2.30. The SMILES string of the molecule is COC(=O)C1CC(=O)N(c2cc(S(C)(=O)=O)ccc2F)C1. The van der Waals surface area contributed by atoms with E-state index in [0.717, 1.165) is 29.4 Å². The molecule has 1 atom stereocenters. The number of hydrogen-bond acceptors (Lipinski definition) is 5. The molecule has 8 heteroatoms. The van der Waals surface area contributed by atoms with E-state index in [1.807, 2.05) is 0 Å². The molecule has 114 valence electrons. The minimum Gasteiger partial charge on any atom is -0.469 e. The minimum absolute atomic E-state index is 0.0321. The number of benzene rings is 1. The van der Waals surface area contributed by atoms with Crippen LogP contribution in [0.5, 0.6) is 0 Å². The highest BCUT2D eigenvalue weighted by Gasteiger charge is 2.37. The second-order valence-electron chi connectivity index (χ2n) is 4.81. The van der Waals surface area contributed by atoms with Gasteiger partial charge in [0.1, 0.15) is 5.82 Å². The smallest absolute Gasteiger partial charge is 0.311 e. The van der Waals surface area contributed by atoms with Crippen LogP contribution in [0, 0.1) is 11.7 Å². The summed E-state index contributed by atoms with van der Waals surface area (Å²) < 4.78 is 41.5. The quantitative estimate of drug-likeness (QED) is 0.607. The number of amides is 1. The topological polar surface area (TPSA) is 80.8 Å². The molecule has 0 saturated carbocycles. The Bertz CT molecular complexity index is 701. The van der Waals surface area contributed by atoms with E-state index in [1.54, 1.807) is 0 Å². The third kappa shape index (κ3) is 3.05. The summed E-state index contributed by atoms with van der Waals surface area (Å²) >= 11 is 0. The number of esters is 1. The Kier molecular flexibility index (Phi) is 3.99. The molecule has 1 fully saturated rings. The molecular formula is C13H14FNO5S. The molecule has 0 radical (unpaired) electrons. The van der Waals surface area contributed by atoms with Gasteiger partial charge >= 0.3 is 5.97 Å². The van der Waals surface area contributed by atoms with Crippen molar-refractivity contribution in [1.82, 2.24) is 0 Å². The van der Waals surface area contributed by atoms with Crippen molar-refractivity contribution in [3.05, 3.63) is 24.0 Å². The minimum atomic E-state index is -3.52. The number of carbonyl (C=O) groups excluding carboxylic acids is 2. The lowest BCUT2D eigenvalue weighted by atomic mass is 10.1. The molecule has 1 amide bonds. The summed E-state index contributed by atoms with van der Waals surface area (Å²) in [7, 11) is -2.31. The van der Waals surface area contributed by atoms with E-state index in [9.17, 15) is 22.4 Å². The van der Waals surface area contributed by atoms with Gasteiger partial charge in [0.25, 0.3) is 0 Å². The van der Waals surface area contributed by atoms with Crippen LogP contribution < -0.4 is 4.90 Å². The third-order valence-corrected chi connectivity index (χ3v) is 4.41. The van der Waals surface area contributed by atoms with Gasteiger partial charge in [-0.15, -0.1) is 0 Å². The molecule has 0 aromatic heterocycles. The summed E-state index contributed by atoms with van der Waals surface area (Å²) in [6.07, 6.45) is 0.905. The van der Waals surface area contributed by atoms with Gasteiger partial charge in [-0.1, -0.05) is 0 Å². The van der Waals surface area contributed by atoms with E-state index in [2.05, 4.69) is 4.74 Å². The number of rotatable bonds is 3. The molecule has 1 heterocycles. The van der Waals surface area contributed by atoms with E-state index in [0.29, 0.717) is 0 Å². The zero-order valence-electron chi connectivity index (χ0n) is 11.5. The van der Waals surface area contributed by atoms with E-state index >= 15 is 0 Å². The van der Waals surface area contributed by atoms with Crippen LogP contribution in [0.2, 0.25) is 0 Å². The van der Waals surface area contributed by atoms with Crippen LogP contribution in [0.3, 0.4) is 0 Å². The number of carbonyl (C=O) groups is 2. The first-order valence-corrected chi connectivity index (χ1v) is 8.01. The summed E-state index contributed by atoms with van der Waals surface area (Å²) in [5.74, 6) is -2.40. The summed E-state index contributed by atoms with van der Waals surface area (Å²) in [4.78, 5) is 24.4. The van der Waals surface area contributed by atoms with Crippen LogP contribution in [0.4, 0.5) is 10.1 Å². The first-order chi connectivity index (χ1) is 9.74. The number of methoxy groups -OCH3 is 1. The van der Waals surface area contributed by atoms with E-state index in [4.69, 9.17) is 0 Å². The Balaban J connectivity index is 2.38. The second-order valence-corrected chi connectivity index (χ2v) is 6.83. The van der Waals surface area contributed by atoms with Gasteiger partial charge in [0.2, 0.25) is 5.91 Å². The maximum absolute atomic E-state index is 13.9. The molecule has 0 spiro atoms. The molecule has 1 aliphatic heterocycles. The Morgan fingerprint density at radius 2 is 2.10 bits per heavy atom. The first-order valence-electron chi connectivity index (χ1n) is 6.12. The number of sulfone groups is 1. The molecule has 1 unspecified atom stereocenters. The average molecular weight is 315 g/mol. The Morgan fingerprint density at radius 1 is 1.43 bits per heavy atom. The van der Waals surface area contributed by atoms with Gasteiger partial charge in [-0.25, -0.2) is 12.8 Å². The Morgan fingerprint density at radius 3 is 2.67 bits per heavy atom. The van der Waals surface area contributed by atoms with Crippen molar-refractivity contribution in [3.63, 3.8) is 0 Å². The maximum atomic E-state index is 13.9. The number of ether oxygens (including phenoxy) is 1. The lowest BCUT2D eigenvalue weighted by Crippen LogP contribution is -2.27. The van der Waals surface area contributed by atoms with Gasteiger partial charge < -0.3 is 9.64 Å². The van der Waals surface area contributed by atoms with Crippen molar-refractivity contribution in [2.75, 3.05) is 24.8 Å². The Labute approximate surface area is 121 Å². The summed E-state index contributed by atoms with van der Waals surface area (Å²) in [6.45, 7) is -0.0321.